The number of aromatic nitrogens is 2. The molecular weight excluding hydrogens is 382 g/mol. The summed E-state index contributed by atoms with van der Waals surface area (Å²) in [6, 6.07) is 8.53. The fourth-order valence-electron chi connectivity index (χ4n) is 3.24. The molecule has 0 aliphatic carbocycles. The minimum Gasteiger partial charge on any atom is -0.384 e. The fraction of sp³-hybridized carbons (Fsp3) is 0.421. The van der Waals surface area contributed by atoms with Gasteiger partial charge >= 0.3 is 6.03 Å². The molecule has 28 heavy (non-hydrogen) atoms. The van der Waals surface area contributed by atoms with Crippen LogP contribution in [0.2, 0.25) is 5.02 Å². The topological polar surface area (TPSA) is 88.5 Å². The zero-order valence-electron chi connectivity index (χ0n) is 15.7. The smallest absolute Gasteiger partial charge is 0.324 e. The Balaban J connectivity index is 1.56. The summed E-state index contributed by atoms with van der Waals surface area (Å²) in [6.07, 6.45) is 3.61. The monoisotopic (exact) mass is 405 g/mol. The van der Waals surface area contributed by atoms with E-state index in [0.717, 1.165) is 12.8 Å². The zero-order valence-corrected chi connectivity index (χ0v) is 16.5. The minimum absolute atomic E-state index is 0.109. The fourth-order valence-corrected chi connectivity index (χ4v) is 3.43. The third-order valence-electron chi connectivity index (χ3n) is 4.72. The number of anilines is 2. The molecule has 150 valence electrons. The molecule has 1 aromatic heterocycles. The number of piperidine rings is 1. The number of halogens is 1. The van der Waals surface area contributed by atoms with Crippen LogP contribution in [0.1, 0.15) is 25.3 Å². The summed E-state index contributed by atoms with van der Waals surface area (Å²) in [5.74, 6) is 0.715. The van der Waals surface area contributed by atoms with Gasteiger partial charge in [-0.1, -0.05) is 23.7 Å². The van der Waals surface area contributed by atoms with E-state index in [2.05, 4.69) is 15.7 Å². The first kappa shape index (κ1) is 20.2. The number of para-hydroxylation sites is 1. The van der Waals surface area contributed by atoms with Gasteiger partial charge in [-0.05, 0) is 25.0 Å². The molecule has 0 spiro atoms. The van der Waals surface area contributed by atoms with Crippen LogP contribution in [-0.2, 0) is 9.53 Å². The Morgan fingerprint density at radius 3 is 2.68 bits per heavy atom. The molecule has 3 rings (SSSR count). The van der Waals surface area contributed by atoms with Crippen molar-refractivity contribution >= 4 is 35.0 Å². The molecule has 2 heterocycles. The molecule has 1 fully saturated rings. The quantitative estimate of drug-likeness (QED) is 0.771. The van der Waals surface area contributed by atoms with Gasteiger partial charge in [-0.15, -0.1) is 0 Å². The predicted molar refractivity (Wildman–Crippen MR) is 108 cm³/mol. The maximum Gasteiger partial charge on any atom is 0.324 e. The number of carbonyl (C=O) groups is 2. The molecular formula is C19H24ClN5O3. The lowest BCUT2D eigenvalue weighted by Gasteiger charge is -2.32. The largest absolute Gasteiger partial charge is 0.384 e. The lowest BCUT2D eigenvalue weighted by molar-refractivity contribution is -0.133. The number of likely N-dealkylation sites (tertiary alicyclic amines) is 1. The Kier molecular flexibility index (Phi) is 6.89. The van der Waals surface area contributed by atoms with Crippen molar-refractivity contribution in [1.82, 2.24) is 14.7 Å². The number of nitrogens with zero attached hydrogens (tertiary/aromatic N) is 3. The van der Waals surface area contributed by atoms with Crippen LogP contribution in [0.25, 0.3) is 0 Å². The number of rotatable bonds is 6. The first-order chi connectivity index (χ1) is 13.6. The van der Waals surface area contributed by atoms with Crippen LogP contribution in [0.4, 0.5) is 16.3 Å². The third kappa shape index (κ3) is 5.02. The van der Waals surface area contributed by atoms with Gasteiger partial charge < -0.3 is 15.0 Å². The summed E-state index contributed by atoms with van der Waals surface area (Å²) in [5.41, 5.74) is 0.538. The van der Waals surface area contributed by atoms with Crippen LogP contribution in [0, 0.1) is 0 Å². The van der Waals surface area contributed by atoms with E-state index in [4.69, 9.17) is 16.3 Å². The number of benzene rings is 1. The van der Waals surface area contributed by atoms with Crippen LogP contribution in [0.3, 0.4) is 0 Å². The van der Waals surface area contributed by atoms with Crippen LogP contribution < -0.4 is 10.6 Å². The summed E-state index contributed by atoms with van der Waals surface area (Å²) in [7, 11) is 1.59. The summed E-state index contributed by atoms with van der Waals surface area (Å²) < 4.78 is 6.78. The second kappa shape index (κ2) is 9.57. The molecule has 2 aromatic rings. The van der Waals surface area contributed by atoms with E-state index in [-0.39, 0.29) is 18.0 Å². The number of amides is 3. The molecule has 3 amide bonds. The highest BCUT2D eigenvalue weighted by atomic mass is 35.5. The molecule has 2 N–H and O–H groups in total. The van der Waals surface area contributed by atoms with Crippen molar-refractivity contribution < 1.29 is 14.3 Å². The van der Waals surface area contributed by atoms with Crippen molar-refractivity contribution in [3.05, 3.63) is 41.6 Å². The first-order valence-electron chi connectivity index (χ1n) is 9.21. The molecule has 0 unspecified atom stereocenters. The van der Waals surface area contributed by atoms with Gasteiger partial charge in [0.2, 0.25) is 5.91 Å². The second-order valence-corrected chi connectivity index (χ2v) is 6.98. The summed E-state index contributed by atoms with van der Waals surface area (Å²) >= 11 is 6.07. The van der Waals surface area contributed by atoms with Gasteiger partial charge in [0.15, 0.2) is 0 Å². The summed E-state index contributed by atoms with van der Waals surface area (Å²) in [6.45, 7) is 1.77. The molecule has 0 bridgehead atoms. The highest BCUT2D eigenvalue weighted by Crippen LogP contribution is 2.26. The Labute approximate surface area is 168 Å². The Hall–Kier alpha value is -2.58. The number of hydrogen-bond donors (Lipinski definition) is 2. The number of ether oxygens (including phenoxy) is 1. The van der Waals surface area contributed by atoms with E-state index >= 15 is 0 Å². The number of urea groups is 1. The molecule has 0 radical (unpaired) electrons. The highest BCUT2D eigenvalue weighted by Gasteiger charge is 2.25. The molecule has 9 heteroatoms. The van der Waals surface area contributed by atoms with Crippen LogP contribution in [0.5, 0.6) is 0 Å². The normalized spacial score (nSPS) is 14.7. The number of carbonyl (C=O) groups excluding carboxylic acids is 2. The van der Waals surface area contributed by atoms with Crippen LogP contribution in [0.15, 0.2) is 36.5 Å². The van der Waals surface area contributed by atoms with Gasteiger partial charge in [-0.25, -0.2) is 9.48 Å². The lowest BCUT2D eigenvalue weighted by Crippen LogP contribution is -2.39. The van der Waals surface area contributed by atoms with Gasteiger partial charge in [0.25, 0.3) is 0 Å². The van der Waals surface area contributed by atoms with E-state index in [9.17, 15) is 9.59 Å². The molecule has 8 nitrogen and oxygen atoms in total. The molecule has 0 atom stereocenters. The SMILES string of the molecule is COCCC(=O)N1CCC(n2nccc2NC(=O)Nc2ccccc2Cl)CC1. The number of methoxy groups -OCH3 is 1. The summed E-state index contributed by atoms with van der Waals surface area (Å²) in [4.78, 5) is 26.3. The highest BCUT2D eigenvalue weighted by molar-refractivity contribution is 6.33. The Morgan fingerprint density at radius 1 is 1.21 bits per heavy atom. The van der Waals surface area contributed by atoms with Crippen molar-refractivity contribution in [2.75, 3.05) is 37.4 Å². The number of nitrogens with one attached hydrogen (secondary N) is 2. The Bertz CT molecular complexity index is 817. The van der Waals surface area contributed by atoms with Gasteiger partial charge in [-0.3, -0.25) is 10.1 Å². The lowest BCUT2D eigenvalue weighted by atomic mass is 10.0. The zero-order chi connectivity index (χ0) is 19.9. The van der Waals surface area contributed by atoms with Crippen molar-refractivity contribution in [3.8, 4) is 0 Å². The van der Waals surface area contributed by atoms with Crippen molar-refractivity contribution in [2.45, 2.75) is 25.3 Å². The van der Waals surface area contributed by atoms with Crippen molar-refractivity contribution in [2.24, 2.45) is 0 Å². The molecule has 1 aliphatic rings. The first-order valence-corrected chi connectivity index (χ1v) is 9.59. The van der Waals surface area contributed by atoms with Gasteiger partial charge in [0.1, 0.15) is 5.82 Å². The van der Waals surface area contributed by atoms with E-state index in [1.54, 1.807) is 43.6 Å². The molecule has 1 saturated heterocycles. The van der Waals surface area contributed by atoms with E-state index in [1.807, 2.05) is 9.58 Å². The average Bonchev–Trinajstić information content (AvgIpc) is 3.16. The second-order valence-electron chi connectivity index (χ2n) is 6.57. The molecule has 0 saturated carbocycles. The minimum atomic E-state index is -0.387. The van der Waals surface area contributed by atoms with E-state index in [0.29, 0.717) is 42.6 Å². The standard InChI is InChI=1S/C19H24ClN5O3/c1-28-13-9-18(26)24-11-7-14(8-12-24)25-17(6-10-21-25)23-19(27)22-16-5-3-2-4-15(16)20/h2-6,10,14H,7-9,11-13H2,1H3,(H2,22,23,27). The van der Waals surface area contributed by atoms with Crippen LogP contribution >= 0.6 is 11.6 Å². The van der Waals surface area contributed by atoms with Crippen LogP contribution in [-0.4, -0.2) is 53.4 Å². The van der Waals surface area contributed by atoms with Crippen molar-refractivity contribution in [1.29, 1.82) is 0 Å². The molecule has 1 aliphatic heterocycles. The van der Waals surface area contributed by atoms with E-state index < -0.39 is 0 Å². The van der Waals surface area contributed by atoms with Gasteiger partial charge in [0.05, 0.1) is 36.0 Å². The van der Waals surface area contributed by atoms with Crippen molar-refractivity contribution in [3.63, 3.8) is 0 Å². The van der Waals surface area contributed by atoms with Gasteiger partial charge in [-0.2, -0.15) is 5.10 Å². The third-order valence-corrected chi connectivity index (χ3v) is 5.05. The maximum atomic E-state index is 12.3. The molecule has 1 aromatic carbocycles. The predicted octanol–water partition coefficient (Wildman–Crippen LogP) is 3.38. The number of hydrogen-bond acceptors (Lipinski definition) is 4. The Morgan fingerprint density at radius 2 is 1.96 bits per heavy atom. The van der Waals surface area contributed by atoms with E-state index in [1.165, 1.54) is 0 Å². The summed E-state index contributed by atoms with van der Waals surface area (Å²) in [5, 5.41) is 10.4. The van der Waals surface area contributed by atoms with Gasteiger partial charge in [0, 0.05) is 26.3 Å². The maximum absolute atomic E-state index is 12.3. The average molecular weight is 406 g/mol.